The van der Waals surface area contributed by atoms with Crippen LogP contribution in [0, 0.1) is 5.92 Å². The first-order chi connectivity index (χ1) is 11.6. The SMILES string of the molecule is CN1C=C2NC(c3ccc4c(c3)C(=O)c3cc(N)ccc3-4)CC2C1. The molecule has 2 aliphatic heterocycles. The highest BCUT2D eigenvalue weighted by molar-refractivity contribution is 6.22. The molecule has 2 unspecified atom stereocenters. The molecule has 0 saturated carbocycles. The Morgan fingerprint density at radius 2 is 1.83 bits per heavy atom. The van der Waals surface area contributed by atoms with Gasteiger partial charge in [0.2, 0.25) is 0 Å². The normalized spacial score (nSPS) is 23.6. The van der Waals surface area contributed by atoms with Gasteiger partial charge in [0.15, 0.2) is 5.78 Å². The van der Waals surface area contributed by atoms with E-state index in [1.165, 1.54) is 11.3 Å². The molecule has 0 aromatic heterocycles. The van der Waals surface area contributed by atoms with Crippen LogP contribution >= 0.6 is 0 Å². The summed E-state index contributed by atoms with van der Waals surface area (Å²) < 4.78 is 0. The van der Waals surface area contributed by atoms with Gasteiger partial charge in [-0.05, 0) is 41.3 Å². The molecule has 0 radical (unpaired) electrons. The summed E-state index contributed by atoms with van der Waals surface area (Å²) in [6, 6.07) is 12.2. The summed E-state index contributed by atoms with van der Waals surface area (Å²) >= 11 is 0. The van der Waals surface area contributed by atoms with Crippen molar-refractivity contribution in [3.8, 4) is 11.1 Å². The van der Waals surface area contributed by atoms with Crippen LogP contribution in [-0.4, -0.2) is 24.3 Å². The Hall–Kier alpha value is -2.75. The fraction of sp³-hybridized carbons (Fsp3) is 0.250. The number of hydrogen-bond acceptors (Lipinski definition) is 4. The van der Waals surface area contributed by atoms with Crippen LogP contribution in [0.2, 0.25) is 0 Å². The Kier molecular flexibility index (Phi) is 2.64. The van der Waals surface area contributed by atoms with Crippen molar-refractivity contribution in [1.29, 1.82) is 0 Å². The number of nitrogens with zero attached hydrogens (tertiary/aromatic N) is 1. The van der Waals surface area contributed by atoms with E-state index in [1.54, 1.807) is 6.07 Å². The number of anilines is 1. The Balaban J connectivity index is 1.52. The number of carbonyl (C=O) groups is 1. The third-order valence-electron chi connectivity index (χ3n) is 5.44. The molecule has 4 nitrogen and oxygen atoms in total. The summed E-state index contributed by atoms with van der Waals surface area (Å²) in [6.07, 6.45) is 3.28. The van der Waals surface area contributed by atoms with Gasteiger partial charge in [0, 0.05) is 48.2 Å². The number of carbonyl (C=O) groups excluding carboxylic acids is 1. The Bertz CT molecular complexity index is 915. The maximum Gasteiger partial charge on any atom is 0.194 e. The first-order valence-corrected chi connectivity index (χ1v) is 8.37. The monoisotopic (exact) mass is 317 g/mol. The second kappa shape index (κ2) is 4.63. The largest absolute Gasteiger partial charge is 0.399 e. The first kappa shape index (κ1) is 13.7. The number of benzene rings is 2. The van der Waals surface area contributed by atoms with Crippen molar-refractivity contribution in [2.45, 2.75) is 12.5 Å². The second-order valence-electron chi connectivity index (χ2n) is 7.09. The van der Waals surface area contributed by atoms with E-state index in [-0.39, 0.29) is 5.78 Å². The van der Waals surface area contributed by atoms with E-state index in [0.29, 0.717) is 17.6 Å². The molecule has 120 valence electrons. The maximum atomic E-state index is 12.8. The van der Waals surface area contributed by atoms with E-state index < -0.39 is 0 Å². The fourth-order valence-corrected chi connectivity index (χ4v) is 4.29. The number of rotatable bonds is 1. The average molecular weight is 317 g/mol. The van der Waals surface area contributed by atoms with E-state index in [2.05, 4.69) is 41.7 Å². The zero-order chi connectivity index (χ0) is 16.4. The van der Waals surface area contributed by atoms with Crippen LogP contribution in [0.3, 0.4) is 0 Å². The molecular weight excluding hydrogens is 298 g/mol. The Labute approximate surface area is 141 Å². The minimum Gasteiger partial charge on any atom is -0.399 e. The van der Waals surface area contributed by atoms with Crippen LogP contribution in [0.25, 0.3) is 11.1 Å². The van der Waals surface area contributed by atoms with Crippen LogP contribution in [0.4, 0.5) is 5.69 Å². The van der Waals surface area contributed by atoms with Gasteiger partial charge in [-0.2, -0.15) is 0 Å². The van der Waals surface area contributed by atoms with Gasteiger partial charge in [-0.25, -0.2) is 0 Å². The van der Waals surface area contributed by atoms with Crippen LogP contribution in [0.1, 0.15) is 33.9 Å². The Morgan fingerprint density at radius 3 is 2.62 bits per heavy atom. The minimum atomic E-state index is 0.0892. The molecule has 1 fully saturated rings. The topological polar surface area (TPSA) is 58.4 Å². The molecule has 2 aromatic carbocycles. The van der Waals surface area contributed by atoms with Crippen molar-refractivity contribution in [1.82, 2.24) is 10.2 Å². The van der Waals surface area contributed by atoms with Crippen LogP contribution in [0.5, 0.6) is 0 Å². The summed E-state index contributed by atoms with van der Waals surface area (Å²) in [6.45, 7) is 1.08. The van der Waals surface area contributed by atoms with Gasteiger partial charge >= 0.3 is 0 Å². The van der Waals surface area contributed by atoms with Crippen molar-refractivity contribution in [3.63, 3.8) is 0 Å². The van der Waals surface area contributed by atoms with Gasteiger partial charge in [0.05, 0.1) is 6.04 Å². The van der Waals surface area contributed by atoms with Gasteiger partial charge < -0.3 is 16.0 Å². The summed E-state index contributed by atoms with van der Waals surface area (Å²) in [5, 5.41) is 3.62. The van der Waals surface area contributed by atoms with Gasteiger partial charge in [-0.1, -0.05) is 18.2 Å². The molecule has 3 aliphatic rings. The molecule has 2 atom stereocenters. The van der Waals surface area contributed by atoms with Gasteiger partial charge in [0.1, 0.15) is 0 Å². The van der Waals surface area contributed by atoms with Crippen molar-refractivity contribution in [2.75, 3.05) is 19.3 Å². The lowest BCUT2D eigenvalue weighted by Gasteiger charge is -2.15. The quantitative estimate of drug-likeness (QED) is 0.678. The molecule has 4 heteroatoms. The number of nitrogen functional groups attached to an aromatic ring is 1. The van der Waals surface area contributed by atoms with Gasteiger partial charge in [-0.15, -0.1) is 0 Å². The molecule has 1 saturated heterocycles. The minimum absolute atomic E-state index is 0.0892. The molecule has 0 bridgehead atoms. The molecule has 0 spiro atoms. The number of nitrogens with two attached hydrogens (primary N) is 1. The second-order valence-corrected chi connectivity index (χ2v) is 7.09. The molecular formula is C20H19N3O. The highest BCUT2D eigenvalue weighted by atomic mass is 16.1. The lowest BCUT2D eigenvalue weighted by molar-refractivity contribution is 0.104. The number of nitrogens with one attached hydrogen (secondary N) is 1. The van der Waals surface area contributed by atoms with Crippen molar-refractivity contribution >= 4 is 11.5 Å². The molecule has 2 aromatic rings. The molecule has 1 aliphatic carbocycles. The van der Waals surface area contributed by atoms with Crippen LogP contribution in [0.15, 0.2) is 48.3 Å². The predicted octanol–water partition coefficient (Wildman–Crippen LogP) is 2.92. The first-order valence-electron chi connectivity index (χ1n) is 8.37. The van der Waals surface area contributed by atoms with Crippen molar-refractivity contribution in [2.24, 2.45) is 5.92 Å². The maximum absolute atomic E-state index is 12.8. The molecule has 3 N–H and O–H groups in total. The van der Waals surface area contributed by atoms with E-state index in [0.717, 1.165) is 35.2 Å². The van der Waals surface area contributed by atoms with Crippen molar-refractivity contribution < 1.29 is 4.79 Å². The third kappa shape index (κ3) is 1.83. The number of hydrogen-bond donors (Lipinski definition) is 2. The zero-order valence-electron chi connectivity index (χ0n) is 13.5. The highest BCUT2D eigenvalue weighted by Crippen LogP contribution is 2.41. The van der Waals surface area contributed by atoms with Gasteiger partial charge in [-0.3, -0.25) is 4.79 Å². The lowest BCUT2D eigenvalue weighted by atomic mass is 9.96. The van der Waals surface area contributed by atoms with E-state index in [1.807, 2.05) is 12.1 Å². The molecule has 0 amide bonds. The molecule has 2 heterocycles. The zero-order valence-corrected chi connectivity index (χ0v) is 13.5. The van der Waals surface area contributed by atoms with Crippen LogP contribution in [-0.2, 0) is 0 Å². The highest BCUT2D eigenvalue weighted by Gasteiger charge is 2.35. The Morgan fingerprint density at radius 1 is 1.08 bits per heavy atom. The summed E-state index contributed by atoms with van der Waals surface area (Å²) in [5.41, 5.74) is 12.6. The van der Waals surface area contributed by atoms with Gasteiger partial charge in [0.25, 0.3) is 0 Å². The summed E-state index contributed by atoms with van der Waals surface area (Å²) in [5.74, 6) is 0.673. The van der Waals surface area contributed by atoms with E-state index >= 15 is 0 Å². The summed E-state index contributed by atoms with van der Waals surface area (Å²) in [7, 11) is 2.11. The average Bonchev–Trinajstić information content (AvgIpc) is 3.18. The predicted molar refractivity (Wildman–Crippen MR) is 94.4 cm³/mol. The smallest absolute Gasteiger partial charge is 0.194 e. The number of ketones is 1. The van der Waals surface area contributed by atoms with Crippen LogP contribution < -0.4 is 11.1 Å². The molecule has 5 rings (SSSR count). The standard InChI is InChI=1S/C20H19N3O/c1-23-9-12-7-18(22-19(12)10-23)11-2-4-14-15-5-3-13(21)8-17(15)20(24)16(14)6-11/h2-6,8,10,12,18,22H,7,9,21H2,1H3. The van der Waals surface area contributed by atoms with E-state index in [9.17, 15) is 4.79 Å². The fourth-order valence-electron chi connectivity index (χ4n) is 4.29. The number of fused-ring (bicyclic) bond motifs is 4. The van der Waals surface area contributed by atoms with E-state index in [4.69, 9.17) is 5.73 Å². The third-order valence-corrected chi connectivity index (χ3v) is 5.44. The van der Waals surface area contributed by atoms with Crippen molar-refractivity contribution in [3.05, 3.63) is 65.0 Å². The lowest BCUT2D eigenvalue weighted by Crippen LogP contribution is -2.15. The summed E-state index contributed by atoms with van der Waals surface area (Å²) in [4.78, 5) is 15.0. The molecule has 24 heavy (non-hydrogen) atoms.